The van der Waals surface area contributed by atoms with Crippen LogP contribution in [0.5, 0.6) is 28.7 Å². The summed E-state index contributed by atoms with van der Waals surface area (Å²) >= 11 is 0. The van der Waals surface area contributed by atoms with E-state index < -0.39 is 29.2 Å². The van der Waals surface area contributed by atoms with E-state index in [1.165, 1.54) is 40.4 Å². The number of ether oxygens (including phenoxy) is 7. The van der Waals surface area contributed by atoms with Crippen molar-refractivity contribution < 1.29 is 47.5 Å². The number of nitrogens with one attached hydrogen (secondary N) is 1. The molecule has 53 heavy (non-hydrogen) atoms. The zero-order valence-electron chi connectivity index (χ0n) is 30.4. The van der Waals surface area contributed by atoms with Crippen molar-refractivity contribution in [3.8, 4) is 28.7 Å². The number of para-hydroxylation sites is 1. The van der Waals surface area contributed by atoms with E-state index in [2.05, 4.69) is 5.32 Å². The van der Waals surface area contributed by atoms with Crippen LogP contribution in [-0.2, 0) is 23.9 Å². The van der Waals surface area contributed by atoms with Crippen LogP contribution in [-0.4, -0.2) is 76.4 Å². The van der Waals surface area contributed by atoms with Gasteiger partial charge in [-0.15, -0.1) is 0 Å². The zero-order chi connectivity index (χ0) is 37.3. The van der Waals surface area contributed by atoms with Gasteiger partial charge in [-0.25, -0.2) is 0 Å². The lowest BCUT2D eigenvalue weighted by Crippen LogP contribution is -2.54. The predicted molar refractivity (Wildman–Crippen MR) is 194 cm³/mol. The Morgan fingerprint density at radius 2 is 1.47 bits per heavy atom. The van der Waals surface area contributed by atoms with Gasteiger partial charge in [0, 0.05) is 17.2 Å². The minimum Gasteiger partial charge on any atom is -0.493 e. The van der Waals surface area contributed by atoms with Gasteiger partial charge in [-0.3, -0.25) is 14.4 Å². The fraction of sp³-hybridized carbons (Fsp3) is 0.341. The summed E-state index contributed by atoms with van der Waals surface area (Å²) in [4.78, 5) is 46.0. The van der Waals surface area contributed by atoms with Crippen LogP contribution in [0.3, 0.4) is 0 Å². The molecular weight excluding hydrogens is 680 g/mol. The summed E-state index contributed by atoms with van der Waals surface area (Å²) in [5, 5.41) is 3.27. The molecule has 1 atom stereocenters. The van der Waals surface area contributed by atoms with Crippen molar-refractivity contribution in [3.63, 3.8) is 0 Å². The van der Waals surface area contributed by atoms with E-state index in [1.807, 2.05) is 30.3 Å². The summed E-state index contributed by atoms with van der Waals surface area (Å²) in [6.07, 6.45) is 7.80. The molecule has 0 saturated heterocycles. The first-order chi connectivity index (χ1) is 25.8. The second-order valence-electron chi connectivity index (χ2n) is 13.1. The van der Waals surface area contributed by atoms with Crippen molar-refractivity contribution in [1.29, 1.82) is 0 Å². The summed E-state index contributed by atoms with van der Waals surface area (Å²) in [5.74, 6) is 0.177. The molecule has 4 aliphatic rings. The third-order valence-corrected chi connectivity index (χ3v) is 10.3. The van der Waals surface area contributed by atoms with Gasteiger partial charge in [-0.05, 0) is 54.3 Å². The lowest BCUT2D eigenvalue weighted by molar-refractivity contribution is -0.139. The fourth-order valence-corrected chi connectivity index (χ4v) is 7.89. The molecule has 0 radical (unpaired) electrons. The molecule has 1 fully saturated rings. The number of methoxy groups -OCH3 is 5. The summed E-state index contributed by atoms with van der Waals surface area (Å²) in [5.41, 5.74) is 0.581. The Hall–Kier alpha value is -5.91. The summed E-state index contributed by atoms with van der Waals surface area (Å²) < 4.78 is 40.3. The van der Waals surface area contributed by atoms with Gasteiger partial charge in [-0.1, -0.05) is 61.7 Å². The number of rotatable bonds is 11. The molecule has 2 aliphatic heterocycles. The van der Waals surface area contributed by atoms with Gasteiger partial charge in [-0.2, -0.15) is 0 Å². The third-order valence-electron chi connectivity index (χ3n) is 10.3. The highest BCUT2D eigenvalue weighted by Gasteiger charge is 2.57. The van der Waals surface area contributed by atoms with Crippen LogP contribution >= 0.6 is 0 Å². The minimum absolute atomic E-state index is 0.0306. The van der Waals surface area contributed by atoms with Crippen molar-refractivity contribution in [1.82, 2.24) is 10.2 Å². The van der Waals surface area contributed by atoms with E-state index in [1.54, 1.807) is 42.5 Å². The number of Topliss-reactive ketones (excluding diaryl/α,β-unsaturated/α-hetero) is 1. The topological polar surface area (TPSA) is 131 Å². The maximum absolute atomic E-state index is 15.8. The molecular formula is C41H42N2O10. The van der Waals surface area contributed by atoms with Crippen LogP contribution in [0.2, 0.25) is 0 Å². The van der Waals surface area contributed by atoms with Gasteiger partial charge >= 0.3 is 0 Å². The molecule has 2 heterocycles. The van der Waals surface area contributed by atoms with E-state index in [0.29, 0.717) is 51.0 Å². The summed E-state index contributed by atoms with van der Waals surface area (Å²) in [7, 11) is 7.23. The molecule has 3 aromatic rings. The highest BCUT2D eigenvalue weighted by molar-refractivity contribution is 6.34. The normalized spacial score (nSPS) is 18.4. The molecule has 2 amide bonds. The van der Waals surface area contributed by atoms with Gasteiger partial charge in [0.15, 0.2) is 34.5 Å². The van der Waals surface area contributed by atoms with E-state index >= 15 is 9.59 Å². The second kappa shape index (κ2) is 14.6. The van der Waals surface area contributed by atoms with E-state index in [9.17, 15) is 4.79 Å². The average Bonchev–Trinajstić information content (AvgIpc) is 3.77. The van der Waals surface area contributed by atoms with Crippen molar-refractivity contribution in [3.05, 3.63) is 101 Å². The quantitative estimate of drug-likeness (QED) is 0.261. The maximum Gasteiger partial charge on any atom is 0.261 e. The Morgan fingerprint density at radius 3 is 2.08 bits per heavy atom. The molecule has 0 bridgehead atoms. The van der Waals surface area contributed by atoms with Crippen molar-refractivity contribution in [2.45, 2.75) is 49.7 Å². The molecule has 1 unspecified atom stereocenters. The van der Waals surface area contributed by atoms with Crippen LogP contribution in [0.25, 0.3) is 11.1 Å². The average molecular weight is 723 g/mol. The number of carbonyl (C=O) groups is 3. The monoisotopic (exact) mass is 722 g/mol. The SMILES string of the molecule is COC1=CC2(C=C(OC)C1=O)C(c1ccccc1)=C(c1cccc3c1OCO3)C(=O)N2C(C(=O)NC1CCCCC1)c1cc(OC)c(OC)c(OC)c1. The molecule has 1 saturated carbocycles. The van der Waals surface area contributed by atoms with E-state index in [0.717, 1.165) is 32.1 Å². The Kier molecular flexibility index (Phi) is 9.78. The number of hydrogen-bond donors (Lipinski definition) is 1. The molecule has 3 aromatic carbocycles. The van der Waals surface area contributed by atoms with Gasteiger partial charge in [0.2, 0.25) is 18.4 Å². The highest BCUT2D eigenvalue weighted by atomic mass is 16.7. The van der Waals surface area contributed by atoms with Crippen LogP contribution in [0, 0.1) is 0 Å². The Morgan fingerprint density at radius 1 is 0.811 bits per heavy atom. The van der Waals surface area contributed by atoms with Crippen LogP contribution in [0.15, 0.2) is 84.3 Å². The highest BCUT2D eigenvalue weighted by Crippen LogP contribution is 2.56. The number of hydrogen-bond acceptors (Lipinski definition) is 10. The minimum atomic E-state index is -1.63. The first-order valence-electron chi connectivity index (χ1n) is 17.5. The molecule has 7 rings (SSSR count). The summed E-state index contributed by atoms with van der Waals surface area (Å²) in [6, 6.07) is 16.6. The number of fused-ring (bicyclic) bond motifs is 1. The van der Waals surface area contributed by atoms with Crippen LogP contribution in [0.4, 0.5) is 0 Å². The second-order valence-corrected chi connectivity index (χ2v) is 13.1. The Bertz CT molecular complexity index is 1980. The molecule has 12 nitrogen and oxygen atoms in total. The smallest absolute Gasteiger partial charge is 0.261 e. The van der Waals surface area contributed by atoms with Crippen molar-refractivity contribution >= 4 is 28.7 Å². The molecule has 2 aliphatic carbocycles. The zero-order valence-corrected chi connectivity index (χ0v) is 30.4. The van der Waals surface area contributed by atoms with Crippen molar-refractivity contribution in [2.24, 2.45) is 0 Å². The predicted octanol–water partition coefficient (Wildman–Crippen LogP) is 5.77. The van der Waals surface area contributed by atoms with E-state index in [4.69, 9.17) is 33.2 Å². The molecule has 1 spiro atoms. The van der Waals surface area contributed by atoms with Gasteiger partial charge in [0.05, 0.1) is 41.1 Å². The van der Waals surface area contributed by atoms with Gasteiger partial charge < -0.3 is 43.4 Å². The van der Waals surface area contributed by atoms with Gasteiger partial charge in [0.1, 0.15) is 11.6 Å². The first-order valence-corrected chi connectivity index (χ1v) is 17.5. The van der Waals surface area contributed by atoms with Crippen LogP contribution < -0.4 is 29.0 Å². The van der Waals surface area contributed by atoms with E-state index in [-0.39, 0.29) is 29.9 Å². The summed E-state index contributed by atoms with van der Waals surface area (Å²) in [6.45, 7) is -0.0306. The standard InChI is InChI=1S/C41H42N2O10/c1-47-29-19-25(20-30(48-2)38(29)51-5)35(39(45)42-26-15-10-7-11-16-26)43-40(46)33(27-17-12-18-28-37(27)53-23-52-28)34(24-13-8-6-9-14-24)41(43)21-31(49-3)36(44)32(22-41)50-4/h6,8-9,12-14,17-22,26,35H,7,10-11,15-16,23H2,1-5H3,(H,42,45). The molecule has 0 aromatic heterocycles. The van der Waals surface area contributed by atoms with Gasteiger partial charge in [0.25, 0.3) is 11.7 Å². The molecule has 276 valence electrons. The fourth-order valence-electron chi connectivity index (χ4n) is 7.89. The number of ketones is 1. The Labute approximate surface area is 307 Å². The number of benzene rings is 3. The Balaban J connectivity index is 1.57. The number of nitrogens with zero attached hydrogens (tertiary/aromatic N) is 1. The first kappa shape index (κ1) is 35.5. The third kappa shape index (κ3) is 6.01. The lowest BCUT2D eigenvalue weighted by Gasteiger charge is -2.43. The van der Waals surface area contributed by atoms with Crippen molar-refractivity contribution in [2.75, 3.05) is 42.3 Å². The molecule has 12 heteroatoms. The molecule has 1 N–H and O–H groups in total. The number of amides is 2. The maximum atomic E-state index is 15.8. The number of carbonyl (C=O) groups excluding carboxylic acids is 3. The largest absolute Gasteiger partial charge is 0.493 e. The lowest BCUT2D eigenvalue weighted by atomic mass is 9.78. The van der Waals surface area contributed by atoms with Crippen LogP contribution in [0.1, 0.15) is 54.8 Å².